The lowest BCUT2D eigenvalue weighted by atomic mass is 9.67. The van der Waals surface area contributed by atoms with Crippen molar-refractivity contribution in [1.29, 1.82) is 0 Å². The number of nitrogens with two attached hydrogens (primary N) is 1. The molecule has 0 aromatic heterocycles. The van der Waals surface area contributed by atoms with E-state index in [4.69, 9.17) is 17.3 Å². The fraction of sp³-hybridized carbons (Fsp3) is 0.600. The van der Waals surface area contributed by atoms with Crippen LogP contribution in [0.4, 0.5) is 5.69 Å². The van der Waals surface area contributed by atoms with Gasteiger partial charge in [-0.15, -0.1) is 0 Å². The van der Waals surface area contributed by atoms with Crippen LogP contribution < -0.4 is 16.0 Å². The maximum absolute atomic E-state index is 12.9. The summed E-state index contributed by atoms with van der Waals surface area (Å²) in [6, 6.07) is 7.67. The second kappa shape index (κ2) is 7.20. The van der Waals surface area contributed by atoms with Gasteiger partial charge in [0.25, 0.3) is 0 Å². The van der Waals surface area contributed by atoms with Gasteiger partial charge in [-0.05, 0) is 62.1 Å². The molecule has 6 heteroatoms. The lowest BCUT2D eigenvalue weighted by Gasteiger charge is -2.45. The molecule has 1 aromatic carbocycles. The third-order valence-electron chi connectivity index (χ3n) is 6.33. The van der Waals surface area contributed by atoms with E-state index in [0.29, 0.717) is 29.8 Å². The molecule has 3 aliphatic rings. The van der Waals surface area contributed by atoms with Gasteiger partial charge in [-0.3, -0.25) is 9.59 Å². The van der Waals surface area contributed by atoms with Gasteiger partial charge in [0.05, 0.1) is 0 Å². The van der Waals surface area contributed by atoms with Crippen molar-refractivity contribution in [1.82, 2.24) is 5.32 Å². The Morgan fingerprint density at radius 3 is 2.62 bits per heavy atom. The highest BCUT2D eigenvalue weighted by atomic mass is 35.5. The van der Waals surface area contributed by atoms with Crippen molar-refractivity contribution >= 4 is 29.1 Å². The van der Waals surface area contributed by atoms with E-state index in [2.05, 4.69) is 5.32 Å². The van der Waals surface area contributed by atoms with Crippen LogP contribution in [0.25, 0.3) is 0 Å². The van der Waals surface area contributed by atoms with Gasteiger partial charge in [0.2, 0.25) is 11.8 Å². The van der Waals surface area contributed by atoms with Crippen molar-refractivity contribution in [2.45, 2.75) is 50.6 Å². The van der Waals surface area contributed by atoms with Gasteiger partial charge in [0, 0.05) is 29.3 Å². The second-order valence-corrected chi connectivity index (χ2v) is 8.46. The van der Waals surface area contributed by atoms with Crippen molar-refractivity contribution in [3.8, 4) is 0 Å². The van der Waals surface area contributed by atoms with Gasteiger partial charge < -0.3 is 16.0 Å². The summed E-state index contributed by atoms with van der Waals surface area (Å²) in [6.07, 6.45) is 5.99. The Bertz CT molecular complexity index is 696. The normalized spacial score (nSPS) is 34.0. The lowest BCUT2D eigenvalue weighted by molar-refractivity contribution is -0.133. The Morgan fingerprint density at radius 1 is 1.19 bits per heavy atom. The molecule has 1 heterocycles. The number of fused-ring (bicyclic) bond motifs is 2. The summed E-state index contributed by atoms with van der Waals surface area (Å²) in [7, 11) is 0. The molecule has 3 N–H and O–H groups in total. The van der Waals surface area contributed by atoms with Crippen molar-refractivity contribution in [3.63, 3.8) is 0 Å². The minimum Gasteiger partial charge on any atom is -0.352 e. The fourth-order valence-corrected chi connectivity index (χ4v) is 5.30. The maximum atomic E-state index is 12.9. The number of anilines is 1. The molecule has 0 radical (unpaired) electrons. The average molecular weight is 376 g/mol. The van der Waals surface area contributed by atoms with Crippen LogP contribution in [-0.4, -0.2) is 30.4 Å². The highest BCUT2D eigenvalue weighted by Gasteiger charge is 2.43. The van der Waals surface area contributed by atoms with Crippen LogP contribution in [0, 0.1) is 17.8 Å². The molecule has 140 valence electrons. The predicted molar refractivity (Wildman–Crippen MR) is 102 cm³/mol. The molecule has 3 unspecified atom stereocenters. The quantitative estimate of drug-likeness (QED) is 0.797. The number of benzene rings is 1. The van der Waals surface area contributed by atoms with Crippen molar-refractivity contribution in [2.75, 3.05) is 11.4 Å². The summed E-state index contributed by atoms with van der Waals surface area (Å²) >= 11 is 6.04. The molecule has 3 fully saturated rings. The number of rotatable bonds is 3. The number of hydrogen-bond acceptors (Lipinski definition) is 3. The molecule has 4 rings (SSSR count). The maximum Gasteiger partial charge on any atom is 0.239 e. The van der Waals surface area contributed by atoms with E-state index in [-0.39, 0.29) is 23.9 Å². The molecular formula is C20H26ClN3O2. The molecule has 2 aliphatic carbocycles. The first-order chi connectivity index (χ1) is 12.5. The van der Waals surface area contributed by atoms with Gasteiger partial charge in [-0.1, -0.05) is 24.1 Å². The topological polar surface area (TPSA) is 75.4 Å². The second-order valence-electron chi connectivity index (χ2n) is 8.03. The van der Waals surface area contributed by atoms with E-state index in [1.807, 2.05) is 12.1 Å². The van der Waals surface area contributed by atoms with Crippen LogP contribution in [0.5, 0.6) is 0 Å². The molecule has 1 aromatic rings. The monoisotopic (exact) mass is 375 g/mol. The standard InChI is InChI=1S/C20H26ClN3O2/c21-14-5-2-6-16(11-14)24-8-7-17(20(24)26)19(25)23-18-12-3-1-4-13(18)10-15(22)9-12/h2,5-6,11-13,15,17-18H,1,3-4,7-10,22H2,(H,23,25). The summed E-state index contributed by atoms with van der Waals surface area (Å²) in [6.45, 7) is 0.555. The van der Waals surface area contributed by atoms with Crippen LogP contribution in [0.15, 0.2) is 24.3 Å². The highest BCUT2D eigenvalue weighted by Crippen LogP contribution is 2.40. The first-order valence-corrected chi connectivity index (χ1v) is 10.0. The zero-order valence-corrected chi connectivity index (χ0v) is 15.6. The van der Waals surface area contributed by atoms with Crippen molar-refractivity contribution in [2.24, 2.45) is 23.5 Å². The number of halogens is 1. The van der Waals surface area contributed by atoms with Crippen LogP contribution in [-0.2, 0) is 9.59 Å². The van der Waals surface area contributed by atoms with Gasteiger partial charge in [0.15, 0.2) is 0 Å². The number of nitrogens with one attached hydrogen (secondary N) is 1. The number of hydrogen-bond donors (Lipinski definition) is 2. The smallest absolute Gasteiger partial charge is 0.239 e. The van der Waals surface area contributed by atoms with Crippen LogP contribution in [0.1, 0.15) is 38.5 Å². The molecule has 2 amide bonds. The van der Waals surface area contributed by atoms with E-state index < -0.39 is 5.92 Å². The van der Waals surface area contributed by atoms with Gasteiger partial charge in [-0.25, -0.2) is 0 Å². The third-order valence-corrected chi connectivity index (χ3v) is 6.56. The Kier molecular flexibility index (Phi) is 4.93. The Morgan fingerprint density at radius 2 is 1.92 bits per heavy atom. The largest absolute Gasteiger partial charge is 0.352 e. The Balaban J connectivity index is 1.43. The van der Waals surface area contributed by atoms with E-state index in [9.17, 15) is 9.59 Å². The number of amides is 2. The SMILES string of the molecule is NC1CC2CCCC(C1)C2NC(=O)C1CCN(c2cccc(Cl)c2)C1=O. The molecule has 5 nitrogen and oxygen atoms in total. The number of carbonyl (C=O) groups excluding carboxylic acids is 2. The fourth-order valence-electron chi connectivity index (χ4n) is 5.11. The van der Waals surface area contributed by atoms with Gasteiger partial charge in [-0.2, -0.15) is 0 Å². The Labute approximate surface area is 159 Å². The molecular weight excluding hydrogens is 350 g/mol. The summed E-state index contributed by atoms with van der Waals surface area (Å²) in [4.78, 5) is 27.3. The van der Waals surface area contributed by atoms with Crippen LogP contribution in [0.3, 0.4) is 0 Å². The van der Waals surface area contributed by atoms with E-state index in [1.165, 1.54) is 6.42 Å². The molecule has 2 saturated carbocycles. The molecule has 1 aliphatic heterocycles. The van der Waals surface area contributed by atoms with E-state index in [1.54, 1.807) is 17.0 Å². The molecule has 0 spiro atoms. The Hall–Kier alpha value is -1.59. The van der Waals surface area contributed by atoms with Crippen molar-refractivity contribution in [3.05, 3.63) is 29.3 Å². The number of carbonyl (C=O) groups is 2. The van der Waals surface area contributed by atoms with Crippen molar-refractivity contribution < 1.29 is 9.59 Å². The summed E-state index contributed by atoms with van der Waals surface area (Å²) in [5.41, 5.74) is 6.94. The third kappa shape index (κ3) is 3.35. The van der Waals surface area contributed by atoms with E-state index in [0.717, 1.165) is 31.4 Å². The zero-order chi connectivity index (χ0) is 18.3. The highest BCUT2D eigenvalue weighted by molar-refractivity contribution is 6.31. The van der Waals surface area contributed by atoms with E-state index >= 15 is 0 Å². The molecule has 1 saturated heterocycles. The average Bonchev–Trinajstić information content (AvgIpc) is 2.97. The van der Waals surface area contributed by atoms with Crippen LogP contribution in [0.2, 0.25) is 5.02 Å². The zero-order valence-electron chi connectivity index (χ0n) is 14.9. The summed E-state index contributed by atoms with van der Waals surface area (Å²) in [5, 5.41) is 3.82. The minimum absolute atomic E-state index is 0.114. The number of nitrogens with zero attached hydrogens (tertiary/aromatic N) is 1. The van der Waals surface area contributed by atoms with Crippen LogP contribution >= 0.6 is 11.6 Å². The molecule has 26 heavy (non-hydrogen) atoms. The molecule has 3 atom stereocenters. The summed E-state index contributed by atoms with van der Waals surface area (Å²) in [5.74, 6) is 0.0913. The lowest BCUT2D eigenvalue weighted by Crippen LogP contribution is -2.55. The first-order valence-electron chi connectivity index (χ1n) is 9.66. The minimum atomic E-state index is -0.592. The van der Waals surface area contributed by atoms with Gasteiger partial charge in [0.1, 0.15) is 5.92 Å². The first kappa shape index (κ1) is 17.8. The molecule has 2 bridgehead atoms. The predicted octanol–water partition coefficient (Wildman–Crippen LogP) is 2.72. The summed E-state index contributed by atoms with van der Waals surface area (Å²) < 4.78 is 0. The van der Waals surface area contributed by atoms with Gasteiger partial charge >= 0.3 is 0 Å².